The highest BCUT2D eigenvalue weighted by Gasteiger charge is 2.40. The van der Waals surface area contributed by atoms with Gasteiger partial charge in [-0.2, -0.15) is 8.42 Å². The van der Waals surface area contributed by atoms with Gasteiger partial charge in [-0.3, -0.25) is 9.08 Å². The highest BCUT2D eigenvalue weighted by molar-refractivity contribution is 7.85. The van der Waals surface area contributed by atoms with E-state index >= 15 is 0 Å². The molecule has 0 bridgehead atoms. The zero-order chi connectivity index (χ0) is 18.6. The first kappa shape index (κ1) is 19.1. The maximum Gasteiger partial charge on any atom is 0.264 e. The molecule has 3 rings (SSSR count). The molecule has 1 aliphatic heterocycles. The van der Waals surface area contributed by atoms with E-state index in [1.807, 2.05) is 12.1 Å². The standard InChI is InChI=1S/C21H27NO3S/c1-21(17-25-26(2,23)24)15-9-10-16-22(21)20(18-11-5-3-6-12-18)19-13-7-4-8-14-19/h3-8,11-14,20H,9-10,15-17H2,1-2H3/t21-/m1/s1. The molecule has 0 N–H and O–H groups in total. The number of likely N-dealkylation sites (tertiary alicyclic amines) is 1. The molecule has 0 amide bonds. The van der Waals surface area contributed by atoms with Gasteiger partial charge in [0, 0.05) is 5.54 Å². The molecule has 140 valence electrons. The lowest BCUT2D eigenvalue weighted by Crippen LogP contribution is -2.54. The van der Waals surface area contributed by atoms with Crippen LogP contribution in [0.25, 0.3) is 0 Å². The predicted molar refractivity (Wildman–Crippen MR) is 104 cm³/mol. The van der Waals surface area contributed by atoms with E-state index in [-0.39, 0.29) is 18.2 Å². The Bertz CT molecular complexity index is 768. The summed E-state index contributed by atoms with van der Waals surface area (Å²) in [5.41, 5.74) is 2.09. The molecule has 0 radical (unpaired) electrons. The monoisotopic (exact) mass is 373 g/mol. The Labute approximate surface area is 156 Å². The third kappa shape index (κ3) is 4.53. The van der Waals surface area contributed by atoms with Gasteiger partial charge in [0.25, 0.3) is 10.1 Å². The Kier molecular flexibility index (Phi) is 5.80. The molecule has 1 aliphatic rings. The van der Waals surface area contributed by atoms with Crippen molar-refractivity contribution in [3.8, 4) is 0 Å². The van der Waals surface area contributed by atoms with E-state index in [0.29, 0.717) is 0 Å². The first-order valence-corrected chi connectivity index (χ1v) is 10.9. The average Bonchev–Trinajstić information content (AvgIpc) is 2.63. The van der Waals surface area contributed by atoms with Crippen LogP contribution in [0.15, 0.2) is 60.7 Å². The third-order valence-electron chi connectivity index (χ3n) is 5.18. The number of benzene rings is 2. The van der Waals surface area contributed by atoms with E-state index in [9.17, 15) is 8.42 Å². The maximum absolute atomic E-state index is 11.6. The zero-order valence-corrected chi connectivity index (χ0v) is 16.3. The van der Waals surface area contributed by atoms with Gasteiger partial charge in [-0.15, -0.1) is 0 Å². The summed E-state index contributed by atoms with van der Waals surface area (Å²) in [4.78, 5) is 2.42. The predicted octanol–water partition coefficient (Wildman–Crippen LogP) is 4.00. The van der Waals surface area contributed by atoms with Gasteiger partial charge in [0.15, 0.2) is 0 Å². The van der Waals surface area contributed by atoms with Crippen molar-refractivity contribution in [2.24, 2.45) is 0 Å². The molecule has 0 spiro atoms. The lowest BCUT2D eigenvalue weighted by atomic mass is 9.84. The molecule has 0 aliphatic carbocycles. The van der Waals surface area contributed by atoms with Gasteiger partial charge < -0.3 is 0 Å². The van der Waals surface area contributed by atoms with Crippen LogP contribution in [0.1, 0.15) is 43.4 Å². The van der Waals surface area contributed by atoms with Crippen molar-refractivity contribution in [1.82, 2.24) is 4.90 Å². The summed E-state index contributed by atoms with van der Waals surface area (Å²) in [6, 6.07) is 20.9. The normalized spacial score (nSPS) is 21.8. The summed E-state index contributed by atoms with van der Waals surface area (Å²) in [7, 11) is -3.47. The topological polar surface area (TPSA) is 46.6 Å². The van der Waals surface area contributed by atoms with E-state index < -0.39 is 10.1 Å². The van der Waals surface area contributed by atoms with Crippen LogP contribution in [0.5, 0.6) is 0 Å². The van der Waals surface area contributed by atoms with Crippen LogP contribution in [0.3, 0.4) is 0 Å². The van der Waals surface area contributed by atoms with E-state index in [2.05, 4.69) is 60.4 Å². The molecule has 4 nitrogen and oxygen atoms in total. The Morgan fingerprint density at radius 3 is 2.04 bits per heavy atom. The second-order valence-corrected chi connectivity index (χ2v) is 8.98. The molecule has 0 saturated carbocycles. The van der Waals surface area contributed by atoms with Crippen molar-refractivity contribution < 1.29 is 12.6 Å². The van der Waals surface area contributed by atoms with Crippen molar-refractivity contribution in [3.05, 3.63) is 71.8 Å². The molecule has 1 fully saturated rings. The van der Waals surface area contributed by atoms with Gasteiger partial charge in [-0.1, -0.05) is 67.1 Å². The average molecular weight is 374 g/mol. The molecule has 26 heavy (non-hydrogen) atoms. The van der Waals surface area contributed by atoms with E-state index in [0.717, 1.165) is 32.1 Å². The smallest absolute Gasteiger partial charge is 0.264 e. The number of nitrogens with zero attached hydrogens (tertiary/aromatic N) is 1. The summed E-state index contributed by atoms with van der Waals surface area (Å²) in [6.45, 7) is 3.22. The fourth-order valence-electron chi connectivity index (χ4n) is 3.85. The Balaban J connectivity index is 2.00. The molecule has 0 aromatic heterocycles. The summed E-state index contributed by atoms with van der Waals surface area (Å²) in [5.74, 6) is 0. The van der Waals surface area contributed by atoms with Gasteiger partial charge in [0.1, 0.15) is 0 Å². The molecular weight excluding hydrogens is 346 g/mol. The lowest BCUT2D eigenvalue weighted by molar-refractivity contribution is 0.000498. The lowest BCUT2D eigenvalue weighted by Gasteiger charge is -2.49. The van der Waals surface area contributed by atoms with Crippen LogP contribution in [0.2, 0.25) is 0 Å². The molecule has 1 saturated heterocycles. The van der Waals surface area contributed by atoms with Crippen LogP contribution >= 0.6 is 0 Å². The van der Waals surface area contributed by atoms with Crippen LogP contribution in [0, 0.1) is 0 Å². The second kappa shape index (κ2) is 7.91. The third-order valence-corrected chi connectivity index (χ3v) is 5.73. The summed E-state index contributed by atoms with van der Waals surface area (Å²) < 4.78 is 28.4. The van der Waals surface area contributed by atoms with Crippen molar-refractivity contribution in [2.45, 2.75) is 37.8 Å². The van der Waals surface area contributed by atoms with Crippen molar-refractivity contribution >= 4 is 10.1 Å². The minimum atomic E-state index is -3.47. The summed E-state index contributed by atoms with van der Waals surface area (Å²) in [5, 5.41) is 0. The largest absolute Gasteiger partial charge is 0.285 e. The van der Waals surface area contributed by atoms with Crippen molar-refractivity contribution in [2.75, 3.05) is 19.4 Å². The molecule has 2 aromatic rings. The Hall–Kier alpha value is -1.69. The van der Waals surface area contributed by atoms with Crippen LogP contribution < -0.4 is 0 Å². The van der Waals surface area contributed by atoms with Crippen LogP contribution in [-0.4, -0.2) is 38.3 Å². The minimum Gasteiger partial charge on any atom is -0.285 e. The second-order valence-electron chi connectivity index (χ2n) is 7.34. The Morgan fingerprint density at radius 2 is 1.54 bits per heavy atom. The number of hydrogen-bond donors (Lipinski definition) is 0. The Morgan fingerprint density at radius 1 is 1.00 bits per heavy atom. The molecule has 0 unspecified atom stereocenters. The van der Waals surface area contributed by atoms with Crippen molar-refractivity contribution in [3.63, 3.8) is 0 Å². The van der Waals surface area contributed by atoms with Gasteiger partial charge in [-0.25, -0.2) is 0 Å². The van der Waals surface area contributed by atoms with E-state index in [1.165, 1.54) is 11.1 Å². The molecule has 1 atom stereocenters. The van der Waals surface area contributed by atoms with Crippen molar-refractivity contribution in [1.29, 1.82) is 0 Å². The SMILES string of the molecule is C[C@]1(COS(C)(=O)=O)CCCCN1C(c1ccccc1)c1ccccc1. The first-order valence-electron chi connectivity index (χ1n) is 9.10. The molecule has 2 aromatic carbocycles. The fraction of sp³-hybridized carbons (Fsp3) is 0.429. The minimum absolute atomic E-state index is 0.0749. The highest BCUT2D eigenvalue weighted by Crippen LogP contribution is 2.39. The number of rotatable bonds is 6. The van der Waals surface area contributed by atoms with Gasteiger partial charge >= 0.3 is 0 Å². The zero-order valence-electron chi connectivity index (χ0n) is 15.5. The van der Waals surface area contributed by atoms with Gasteiger partial charge in [0.2, 0.25) is 0 Å². The summed E-state index contributed by atoms with van der Waals surface area (Å²) >= 11 is 0. The number of hydrogen-bond acceptors (Lipinski definition) is 4. The summed E-state index contributed by atoms with van der Waals surface area (Å²) in [6.07, 6.45) is 4.22. The fourth-order valence-corrected chi connectivity index (χ4v) is 4.32. The number of piperidine rings is 1. The van der Waals surface area contributed by atoms with Crippen LogP contribution in [0.4, 0.5) is 0 Å². The van der Waals surface area contributed by atoms with Gasteiger partial charge in [-0.05, 0) is 37.4 Å². The first-order chi connectivity index (χ1) is 12.4. The van der Waals surface area contributed by atoms with Crippen LogP contribution in [-0.2, 0) is 14.3 Å². The molecular formula is C21H27NO3S. The quantitative estimate of drug-likeness (QED) is 0.718. The van der Waals surface area contributed by atoms with E-state index in [4.69, 9.17) is 4.18 Å². The van der Waals surface area contributed by atoms with E-state index in [1.54, 1.807) is 0 Å². The maximum atomic E-state index is 11.6. The van der Waals surface area contributed by atoms with Gasteiger partial charge in [0.05, 0.1) is 18.9 Å². The highest BCUT2D eigenvalue weighted by atomic mass is 32.2. The molecule has 1 heterocycles. The molecule has 5 heteroatoms.